The summed E-state index contributed by atoms with van der Waals surface area (Å²) in [6.45, 7) is 2.20. The van der Waals surface area contributed by atoms with Gasteiger partial charge in [-0.15, -0.1) is 0 Å². The summed E-state index contributed by atoms with van der Waals surface area (Å²) in [6.07, 6.45) is 3.48. The molecule has 2 amide bonds. The van der Waals surface area contributed by atoms with E-state index in [0.717, 1.165) is 23.7 Å². The number of primary amides is 1. The molecule has 1 saturated heterocycles. The van der Waals surface area contributed by atoms with Gasteiger partial charge in [0.2, 0.25) is 0 Å². The van der Waals surface area contributed by atoms with Crippen molar-refractivity contribution in [3.05, 3.63) is 98.7 Å². The third kappa shape index (κ3) is 8.27. The average molecular weight is 818 g/mol. The molecule has 0 spiro atoms. The first-order valence-corrected chi connectivity index (χ1v) is 20.6. The van der Waals surface area contributed by atoms with Crippen LogP contribution in [0.5, 0.6) is 0 Å². The van der Waals surface area contributed by atoms with Gasteiger partial charge in [-0.05, 0) is 104 Å². The summed E-state index contributed by atoms with van der Waals surface area (Å²) in [7, 11) is -3.64. The fraction of sp³-hybridized carbons (Fsp3) is 0.368. The zero-order valence-corrected chi connectivity index (χ0v) is 32.5. The second kappa shape index (κ2) is 16.0. The van der Waals surface area contributed by atoms with E-state index in [-0.39, 0.29) is 70.0 Å². The van der Waals surface area contributed by atoms with Crippen LogP contribution in [0.2, 0.25) is 10.0 Å². The van der Waals surface area contributed by atoms with Crippen molar-refractivity contribution in [1.82, 2.24) is 4.90 Å². The highest BCUT2D eigenvalue weighted by atomic mass is 35.5. The molecule has 1 aromatic heterocycles. The van der Waals surface area contributed by atoms with Gasteiger partial charge in [-0.3, -0.25) is 19.2 Å². The number of amides is 2. The van der Waals surface area contributed by atoms with Crippen molar-refractivity contribution >= 4 is 79.8 Å². The Balaban J connectivity index is 1.52. The molecule has 3 N–H and O–H groups in total. The number of esters is 1. The molecule has 12 nitrogen and oxygen atoms in total. The first-order chi connectivity index (χ1) is 25.6. The molecule has 54 heavy (non-hydrogen) atoms. The Morgan fingerprint density at radius 2 is 1.91 bits per heavy atom. The van der Waals surface area contributed by atoms with Gasteiger partial charge in [0.25, 0.3) is 11.8 Å². The molecule has 1 fully saturated rings. The molecule has 0 radical (unpaired) electrons. The zero-order valence-electron chi connectivity index (χ0n) is 29.4. The molecule has 0 aliphatic carbocycles. The van der Waals surface area contributed by atoms with Crippen LogP contribution in [-0.4, -0.2) is 72.4 Å². The van der Waals surface area contributed by atoms with Gasteiger partial charge in [0.05, 0.1) is 50.6 Å². The van der Waals surface area contributed by atoms with Gasteiger partial charge in [-0.2, -0.15) is 0 Å². The largest absolute Gasteiger partial charge is 0.481 e. The maximum atomic E-state index is 15.0. The van der Waals surface area contributed by atoms with Crippen LogP contribution >= 0.6 is 35.2 Å². The van der Waals surface area contributed by atoms with Gasteiger partial charge < -0.3 is 29.1 Å². The Labute approximate surface area is 326 Å². The molecule has 2 unspecified atom stereocenters. The van der Waals surface area contributed by atoms with Crippen LogP contribution in [0.4, 0.5) is 0 Å². The number of hydrogen-bond acceptors (Lipinski definition) is 10. The summed E-state index contributed by atoms with van der Waals surface area (Å²) < 4.78 is 42.8. The Bertz CT molecular complexity index is 2240. The number of furan rings is 1. The Morgan fingerprint density at radius 1 is 1.13 bits per heavy atom. The van der Waals surface area contributed by atoms with Crippen molar-refractivity contribution in [3.63, 3.8) is 0 Å². The van der Waals surface area contributed by atoms with E-state index in [1.807, 2.05) is 0 Å². The number of sulfone groups is 1. The Hall–Kier alpha value is -4.08. The van der Waals surface area contributed by atoms with Crippen LogP contribution in [0.15, 0.2) is 70.2 Å². The summed E-state index contributed by atoms with van der Waals surface area (Å²) in [5.41, 5.74) is 6.46. The number of rotatable bonds is 13. The minimum Gasteiger partial charge on any atom is -0.481 e. The molecule has 6 rings (SSSR count). The van der Waals surface area contributed by atoms with Gasteiger partial charge in [0.1, 0.15) is 11.2 Å². The third-order valence-electron chi connectivity index (χ3n) is 10.0. The van der Waals surface area contributed by atoms with E-state index in [0.29, 0.717) is 35.3 Å². The molecule has 4 aromatic rings. The number of aliphatic carboxylic acids is 1. The summed E-state index contributed by atoms with van der Waals surface area (Å²) in [5.74, 6) is -4.22. The molecule has 2 aliphatic heterocycles. The fourth-order valence-electron chi connectivity index (χ4n) is 7.27. The molecule has 4 atom stereocenters. The van der Waals surface area contributed by atoms with Crippen LogP contribution in [0.3, 0.4) is 0 Å². The normalized spacial score (nSPS) is 18.9. The monoisotopic (exact) mass is 816 g/mol. The highest BCUT2D eigenvalue weighted by Crippen LogP contribution is 2.46. The van der Waals surface area contributed by atoms with Crippen molar-refractivity contribution in [3.8, 4) is 0 Å². The van der Waals surface area contributed by atoms with E-state index in [2.05, 4.69) is 0 Å². The van der Waals surface area contributed by atoms with E-state index in [4.69, 9.17) is 42.3 Å². The number of carboxylic acid groups (broad SMARTS) is 1. The molecular formula is C38H38Cl2N2O10S2. The third-order valence-corrected chi connectivity index (χ3v) is 13.1. The fourth-order valence-corrected chi connectivity index (χ4v) is 9.63. The van der Waals surface area contributed by atoms with Gasteiger partial charge in [0.15, 0.2) is 9.84 Å². The van der Waals surface area contributed by atoms with Crippen LogP contribution in [0.25, 0.3) is 11.0 Å². The lowest BCUT2D eigenvalue weighted by molar-refractivity contribution is -0.166. The number of carbonyl (C=O) groups is 4. The number of hydrogen-bond donors (Lipinski definition) is 2. The minimum absolute atomic E-state index is 0.00306. The summed E-state index contributed by atoms with van der Waals surface area (Å²) >= 11 is 14.7. The van der Waals surface area contributed by atoms with Crippen molar-refractivity contribution in [2.75, 3.05) is 19.4 Å². The van der Waals surface area contributed by atoms with E-state index in [1.54, 1.807) is 43.3 Å². The number of carbonyl (C=O) groups excluding carboxylic acids is 3. The first-order valence-electron chi connectivity index (χ1n) is 17.2. The number of benzene rings is 3. The predicted octanol–water partition coefficient (Wildman–Crippen LogP) is 6.83. The topological polar surface area (TPSA) is 184 Å². The van der Waals surface area contributed by atoms with Crippen LogP contribution in [0, 0.1) is 5.92 Å². The number of fused-ring (bicyclic) bond motifs is 2. The lowest BCUT2D eigenvalue weighted by Crippen LogP contribution is -2.49. The molecule has 286 valence electrons. The number of carboxylic acids is 1. The molecule has 0 bridgehead atoms. The zero-order chi connectivity index (χ0) is 38.9. The van der Waals surface area contributed by atoms with E-state index in [1.165, 1.54) is 29.4 Å². The van der Waals surface area contributed by atoms with Gasteiger partial charge in [-0.1, -0.05) is 41.4 Å². The quantitative estimate of drug-likeness (QED) is 0.107. The summed E-state index contributed by atoms with van der Waals surface area (Å²) in [4.78, 5) is 55.1. The first kappa shape index (κ1) is 39.6. The van der Waals surface area contributed by atoms with Crippen molar-refractivity contribution in [2.45, 2.75) is 67.2 Å². The van der Waals surface area contributed by atoms with Gasteiger partial charge in [-0.25, -0.2) is 8.42 Å². The summed E-state index contributed by atoms with van der Waals surface area (Å²) in [6, 6.07) is 13.3. The van der Waals surface area contributed by atoms with Crippen LogP contribution < -0.4 is 5.73 Å². The van der Waals surface area contributed by atoms with Gasteiger partial charge >= 0.3 is 11.9 Å². The number of halogens is 2. The molecule has 3 heterocycles. The smallest absolute Gasteiger partial charge is 0.312 e. The van der Waals surface area contributed by atoms with E-state index >= 15 is 0 Å². The van der Waals surface area contributed by atoms with E-state index in [9.17, 15) is 32.7 Å². The van der Waals surface area contributed by atoms with Crippen LogP contribution in [0.1, 0.15) is 76.1 Å². The standard InChI is InChI=1S/C38H38Cl2N2O10S2/c1-38(13-4-7-31(43)44,30-12-16-51-53-30)52-37(47)27(18-21-5-3-6-24(17-21)54(2,48)49)34-26-20-28(39)32(35(41)45)33(40)25(26)10-14-42(34)36(46)23-9-8-22-11-15-50-29(22)19-23/h3,5-6,8-9,11,15,17,19-20,27,30,34H,4,7,10,12-14,16,18H2,1-2H3,(H2,41,45)(H,43,44)/t27-,30+,34?,38?/m0/s1. The lowest BCUT2D eigenvalue weighted by Gasteiger charge is -2.43. The van der Waals surface area contributed by atoms with Crippen LogP contribution in [-0.2, 0) is 41.2 Å². The highest BCUT2D eigenvalue weighted by molar-refractivity contribution is 7.95. The number of nitrogens with two attached hydrogens (primary N) is 1. The second-order valence-corrected chi connectivity index (χ2v) is 17.6. The average Bonchev–Trinajstić information content (AvgIpc) is 3.83. The Kier molecular flexibility index (Phi) is 11.7. The molecule has 2 aliphatic rings. The number of nitrogens with zero attached hydrogens (tertiary/aromatic N) is 1. The molecule has 16 heteroatoms. The van der Waals surface area contributed by atoms with Crippen molar-refractivity contribution in [2.24, 2.45) is 11.7 Å². The molecule has 3 aromatic carbocycles. The predicted molar refractivity (Wildman–Crippen MR) is 203 cm³/mol. The molecular weight excluding hydrogens is 779 g/mol. The molecule has 0 saturated carbocycles. The van der Waals surface area contributed by atoms with Crippen molar-refractivity contribution < 1.29 is 46.0 Å². The second-order valence-electron chi connectivity index (χ2n) is 13.8. The summed E-state index contributed by atoms with van der Waals surface area (Å²) in [5, 5.41) is 9.78. The Morgan fingerprint density at radius 3 is 2.59 bits per heavy atom. The SMILES string of the molecule is CC(CCCC(=O)O)(OC(=O)[C@@H](Cc1cccc(S(C)(=O)=O)c1)C1c2cc(Cl)c(C(N)=O)c(Cl)c2CCN1C(=O)c1ccc2ccoc2c1)[C@H]1CCOS1. The van der Waals surface area contributed by atoms with Crippen molar-refractivity contribution in [1.29, 1.82) is 0 Å². The maximum Gasteiger partial charge on any atom is 0.312 e. The van der Waals surface area contributed by atoms with Gasteiger partial charge in [0, 0.05) is 30.2 Å². The highest BCUT2D eigenvalue weighted by Gasteiger charge is 2.47. The number of ether oxygens (including phenoxy) is 1. The lowest BCUT2D eigenvalue weighted by atomic mass is 9.80. The maximum absolute atomic E-state index is 15.0. The minimum atomic E-state index is -3.64. The van der Waals surface area contributed by atoms with E-state index < -0.39 is 51.2 Å².